The number of esters is 1. The Hall–Kier alpha value is -0.386. The van der Waals surface area contributed by atoms with Crippen LogP contribution in [0.25, 0.3) is 0 Å². The summed E-state index contributed by atoms with van der Waals surface area (Å²) in [6.07, 6.45) is 0. The van der Waals surface area contributed by atoms with Crippen molar-refractivity contribution in [3.05, 3.63) is 35.9 Å². The first-order valence-electron chi connectivity index (χ1n) is 6.00. The molecule has 0 amide bonds. The van der Waals surface area contributed by atoms with Gasteiger partial charge in [0.1, 0.15) is 16.7 Å². The average Bonchev–Trinajstić information content (AvgIpc) is 2.35. The van der Waals surface area contributed by atoms with Gasteiger partial charge in [-0.25, -0.2) is 9.00 Å². The quantitative estimate of drug-likeness (QED) is 0.465. The summed E-state index contributed by atoms with van der Waals surface area (Å²) < 4.78 is 20.5. The zero-order chi connectivity index (χ0) is 14.5. The summed E-state index contributed by atoms with van der Waals surface area (Å²) in [5, 5.41) is 0. The van der Waals surface area contributed by atoms with E-state index in [0.29, 0.717) is 5.56 Å². The first-order chi connectivity index (χ1) is 8.86. The molecule has 1 atom stereocenters. The first-order valence-corrected chi connectivity index (χ1v) is 7.11. The van der Waals surface area contributed by atoms with E-state index in [1.54, 1.807) is 52.0 Å². The third-order valence-electron chi connectivity index (χ3n) is 2.15. The molecule has 0 aliphatic rings. The Balaban J connectivity index is 0.00000361. The number of rotatable bonds is 4. The van der Waals surface area contributed by atoms with Gasteiger partial charge in [-0.3, -0.25) is 0 Å². The normalized spacial score (nSPS) is 13.3. The molecule has 0 aliphatic heterocycles. The molecule has 0 N–H and O–H groups in total. The summed E-state index contributed by atoms with van der Waals surface area (Å²) in [6, 6.07) is 9.65. The van der Waals surface area contributed by atoms with Crippen LogP contribution in [0.2, 0.25) is 0 Å². The van der Waals surface area contributed by atoms with Gasteiger partial charge in [0.25, 0.3) is 0 Å². The van der Waals surface area contributed by atoms with E-state index in [1.165, 1.54) is 0 Å². The van der Waals surface area contributed by atoms with Crippen molar-refractivity contribution >= 4 is 22.7 Å². The minimum Gasteiger partial charge on any atom is -0.462 e. The van der Waals surface area contributed by atoms with Crippen LogP contribution in [0.5, 0.6) is 0 Å². The van der Waals surface area contributed by atoms with Crippen molar-refractivity contribution in [2.75, 3.05) is 6.61 Å². The van der Waals surface area contributed by atoms with Crippen LogP contribution in [-0.2, 0) is 53.2 Å². The fraction of sp³-hybridized carbons (Fsp3) is 0.429. The Morgan fingerprint density at radius 3 is 2.55 bits per heavy atom. The van der Waals surface area contributed by atoms with Crippen molar-refractivity contribution in [1.82, 2.24) is 0 Å². The number of ether oxygens (including phenoxy) is 1. The van der Waals surface area contributed by atoms with Gasteiger partial charge in [0.05, 0.1) is 11.4 Å². The maximum absolute atomic E-state index is 12.1. The third kappa shape index (κ3) is 5.94. The zero-order valence-corrected chi connectivity index (χ0v) is 15.8. The van der Waals surface area contributed by atoms with Crippen molar-refractivity contribution in [3.63, 3.8) is 0 Å². The van der Waals surface area contributed by atoms with Crippen molar-refractivity contribution in [3.8, 4) is 0 Å². The SMILES string of the molecule is CCOC(=O)/C(=N\[S@@](=O)C(C)(C)C)c1c[c-]ccc1.[Y]. The van der Waals surface area contributed by atoms with Gasteiger partial charge in [0.2, 0.25) is 0 Å². The van der Waals surface area contributed by atoms with E-state index in [0.717, 1.165) is 0 Å². The van der Waals surface area contributed by atoms with Crippen LogP contribution in [0.15, 0.2) is 28.7 Å². The maximum Gasteiger partial charge on any atom is 0.345 e. The molecule has 0 bridgehead atoms. The minimum absolute atomic E-state index is 0. The van der Waals surface area contributed by atoms with Gasteiger partial charge in [-0.05, 0) is 27.7 Å². The topological polar surface area (TPSA) is 55.7 Å². The molecule has 1 aromatic rings. The fourth-order valence-corrected chi connectivity index (χ4v) is 1.79. The van der Waals surface area contributed by atoms with Gasteiger partial charge in [0.15, 0.2) is 0 Å². The Bertz CT molecular complexity index is 495. The summed E-state index contributed by atoms with van der Waals surface area (Å²) in [7, 11) is -1.52. The summed E-state index contributed by atoms with van der Waals surface area (Å²) in [6.45, 7) is 7.36. The van der Waals surface area contributed by atoms with E-state index in [9.17, 15) is 9.00 Å². The molecule has 1 rings (SSSR count). The number of hydrogen-bond acceptors (Lipinski definition) is 3. The Morgan fingerprint density at radius 2 is 2.10 bits per heavy atom. The second-order valence-electron chi connectivity index (χ2n) is 4.81. The van der Waals surface area contributed by atoms with E-state index < -0.39 is 21.7 Å². The second-order valence-corrected chi connectivity index (χ2v) is 6.72. The van der Waals surface area contributed by atoms with E-state index in [2.05, 4.69) is 10.5 Å². The van der Waals surface area contributed by atoms with Crippen molar-refractivity contribution in [2.24, 2.45) is 4.40 Å². The third-order valence-corrected chi connectivity index (χ3v) is 3.54. The number of hydrogen-bond donors (Lipinski definition) is 0. The molecule has 20 heavy (non-hydrogen) atoms. The number of nitrogens with zero attached hydrogens (tertiary/aromatic N) is 1. The van der Waals surface area contributed by atoms with Crippen LogP contribution in [-0.4, -0.2) is 27.2 Å². The van der Waals surface area contributed by atoms with Gasteiger partial charge >= 0.3 is 5.97 Å². The van der Waals surface area contributed by atoms with Crippen LogP contribution in [0.4, 0.5) is 0 Å². The average molecular weight is 369 g/mol. The molecule has 107 valence electrons. The summed E-state index contributed by atoms with van der Waals surface area (Å²) in [4.78, 5) is 11.9. The number of carbonyl (C=O) groups is 1. The van der Waals surface area contributed by atoms with Gasteiger partial charge in [-0.15, -0.1) is 5.56 Å². The van der Waals surface area contributed by atoms with E-state index in [4.69, 9.17) is 4.74 Å². The van der Waals surface area contributed by atoms with Crippen LogP contribution >= 0.6 is 0 Å². The number of benzene rings is 1. The molecule has 6 heteroatoms. The van der Waals surface area contributed by atoms with E-state index in [-0.39, 0.29) is 45.0 Å². The minimum atomic E-state index is -1.52. The predicted molar refractivity (Wildman–Crippen MR) is 76.3 cm³/mol. The molecule has 0 aliphatic carbocycles. The van der Waals surface area contributed by atoms with Crippen LogP contribution in [0.1, 0.15) is 33.3 Å². The summed E-state index contributed by atoms with van der Waals surface area (Å²) >= 11 is 0. The van der Waals surface area contributed by atoms with Crippen molar-refractivity contribution in [2.45, 2.75) is 32.4 Å². The fourth-order valence-electron chi connectivity index (χ4n) is 1.17. The largest absolute Gasteiger partial charge is 0.462 e. The van der Waals surface area contributed by atoms with E-state index in [1.807, 2.05) is 0 Å². The Morgan fingerprint density at radius 1 is 1.45 bits per heavy atom. The molecule has 0 spiro atoms. The smallest absolute Gasteiger partial charge is 0.345 e. The van der Waals surface area contributed by atoms with Gasteiger partial charge in [-0.1, -0.05) is 0 Å². The molecule has 0 fully saturated rings. The molecule has 0 saturated heterocycles. The molecule has 4 nitrogen and oxygen atoms in total. The monoisotopic (exact) mass is 369 g/mol. The second kappa shape index (κ2) is 8.80. The molecule has 0 aromatic heterocycles. The van der Waals surface area contributed by atoms with E-state index >= 15 is 0 Å². The molecule has 1 radical (unpaired) electrons. The standard InChI is InChI=1S/C14H18NO3S.Y/c1-5-18-13(16)12(11-9-7-6-8-10-11)15-19(17)14(2,3)4;/h6-7,9-10H,5H2,1-4H3;/q-1;/b15-12-;/t19-;/m0./s1. The summed E-state index contributed by atoms with van der Waals surface area (Å²) in [5.41, 5.74) is 0.630. The van der Waals surface area contributed by atoms with Crippen LogP contribution in [0.3, 0.4) is 0 Å². The molecule has 0 unspecified atom stereocenters. The number of carbonyl (C=O) groups excluding carboxylic acids is 1. The molecule has 0 saturated carbocycles. The molecule has 1 aromatic carbocycles. The molecule has 0 heterocycles. The van der Waals surface area contributed by atoms with Gasteiger partial charge in [-0.2, -0.15) is 34.7 Å². The predicted octanol–water partition coefficient (Wildman–Crippen LogP) is 2.30. The zero-order valence-electron chi connectivity index (χ0n) is 12.2. The molecular weight excluding hydrogens is 351 g/mol. The van der Waals surface area contributed by atoms with Crippen LogP contribution in [0, 0.1) is 6.07 Å². The van der Waals surface area contributed by atoms with Crippen molar-refractivity contribution in [1.29, 1.82) is 0 Å². The van der Waals surface area contributed by atoms with Gasteiger partial charge in [0, 0.05) is 32.7 Å². The van der Waals surface area contributed by atoms with Gasteiger partial charge < -0.3 is 4.74 Å². The van der Waals surface area contributed by atoms with Crippen molar-refractivity contribution < 1.29 is 46.4 Å². The summed E-state index contributed by atoms with van der Waals surface area (Å²) in [5.74, 6) is -0.570. The van der Waals surface area contributed by atoms with Crippen LogP contribution < -0.4 is 0 Å². The Kier molecular flexibility index (Phi) is 8.63. The first kappa shape index (κ1) is 19.6. The Labute approximate surface area is 147 Å². The maximum atomic E-state index is 12.1. The molecular formula is C14H18NO3SY-.